The van der Waals surface area contributed by atoms with Crippen molar-refractivity contribution < 1.29 is 4.74 Å². The quantitative estimate of drug-likeness (QED) is 0.724. The van der Waals surface area contributed by atoms with E-state index in [-0.39, 0.29) is 5.56 Å². The average Bonchev–Trinajstić information content (AvgIpc) is 2.43. The Balaban J connectivity index is 2.04. The Labute approximate surface area is 81.9 Å². The maximum atomic E-state index is 11.9. The molecule has 0 bridgehead atoms. The highest BCUT2D eigenvalue weighted by Gasteiger charge is 2.25. The predicted molar refractivity (Wildman–Crippen MR) is 51.3 cm³/mol. The molecule has 0 unspecified atom stereocenters. The molecule has 0 radical (unpaired) electrons. The molecule has 0 amide bonds. The summed E-state index contributed by atoms with van der Waals surface area (Å²) in [4.78, 5) is 11.9. The summed E-state index contributed by atoms with van der Waals surface area (Å²) in [6.07, 6.45) is 4.38. The van der Waals surface area contributed by atoms with E-state index in [4.69, 9.17) is 4.74 Å². The van der Waals surface area contributed by atoms with Gasteiger partial charge in [0.05, 0.1) is 24.8 Å². The minimum Gasteiger partial charge on any atom is -0.376 e. The molecule has 0 spiro atoms. The van der Waals surface area contributed by atoms with Gasteiger partial charge < -0.3 is 4.74 Å². The zero-order valence-corrected chi connectivity index (χ0v) is 8.08. The first-order chi connectivity index (χ1) is 6.86. The van der Waals surface area contributed by atoms with Crippen molar-refractivity contribution in [3.8, 4) is 0 Å². The van der Waals surface area contributed by atoms with E-state index in [1.165, 1.54) is 6.42 Å². The van der Waals surface area contributed by atoms with E-state index in [0.29, 0.717) is 12.6 Å². The van der Waals surface area contributed by atoms with Crippen molar-refractivity contribution in [3.05, 3.63) is 21.6 Å². The molecule has 4 nitrogen and oxygen atoms in total. The predicted octanol–water partition coefficient (Wildman–Crippen LogP) is 0.974. The van der Waals surface area contributed by atoms with E-state index in [9.17, 15) is 4.79 Å². The number of hydrogen-bond donors (Lipinski definition) is 1. The van der Waals surface area contributed by atoms with Gasteiger partial charge in [-0.2, -0.15) is 0 Å². The van der Waals surface area contributed by atoms with Crippen molar-refractivity contribution in [2.45, 2.75) is 38.3 Å². The fourth-order valence-electron chi connectivity index (χ4n) is 2.14. The summed E-state index contributed by atoms with van der Waals surface area (Å²) in [7, 11) is 0. The van der Waals surface area contributed by atoms with Crippen molar-refractivity contribution in [3.63, 3.8) is 0 Å². The fourth-order valence-corrected chi connectivity index (χ4v) is 2.14. The van der Waals surface area contributed by atoms with Crippen LogP contribution in [0.3, 0.4) is 0 Å². The number of rotatable bonds is 1. The highest BCUT2D eigenvalue weighted by molar-refractivity contribution is 5.19. The van der Waals surface area contributed by atoms with Gasteiger partial charge in [-0.05, 0) is 19.3 Å². The Kier molecular flexibility index (Phi) is 1.77. The summed E-state index contributed by atoms with van der Waals surface area (Å²) < 4.78 is 7.10. The lowest BCUT2D eigenvalue weighted by Gasteiger charge is -2.25. The third kappa shape index (κ3) is 1.07. The molecule has 0 atom stereocenters. The Morgan fingerprint density at radius 3 is 2.93 bits per heavy atom. The van der Waals surface area contributed by atoms with E-state index in [1.54, 1.807) is 0 Å². The van der Waals surface area contributed by atoms with Gasteiger partial charge in [-0.15, -0.1) is 0 Å². The second-order valence-corrected chi connectivity index (χ2v) is 4.13. The van der Waals surface area contributed by atoms with Crippen LogP contribution in [0.5, 0.6) is 0 Å². The SMILES string of the molecule is O=c1c2c([nH]n1C1CCC1)CCOC2. The maximum Gasteiger partial charge on any atom is 0.272 e. The summed E-state index contributed by atoms with van der Waals surface area (Å²) in [6, 6.07) is 0.424. The average molecular weight is 194 g/mol. The summed E-state index contributed by atoms with van der Waals surface area (Å²) in [5.41, 5.74) is 2.08. The van der Waals surface area contributed by atoms with Crippen LogP contribution in [-0.2, 0) is 17.8 Å². The summed E-state index contributed by atoms with van der Waals surface area (Å²) >= 11 is 0. The molecule has 1 aliphatic heterocycles. The van der Waals surface area contributed by atoms with Gasteiger partial charge in [0.25, 0.3) is 5.56 Å². The first kappa shape index (κ1) is 8.29. The van der Waals surface area contributed by atoms with Crippen molar-refractivity contribution in [1.82, 2.24) is 9.78 Å². The molecule has 1 aromatic heterocycles. The van der Waals surface area contributed by atoms with Crippen LogP contribution in [0.4, 0.5) is 0 Å². The van der Waals surface area contributed by atoms with Crippen LogP contribution in [-0.4, -0.2) is 16.4 Å². The highest BCUT2D eigenvalue weighted by atomic mass is 16.5. The van der Waals surface area contributed by atoms with Gasteiger partial charge in [-0.25, -0.2) is 4.68 Å². The third-order valence-electron chi connectivity index (χ3n) is 3.28. The molecule has 1 fully saturated rings. The molecule has 0 saturated heterocycles. The first-order valence-electron chi connectivity index (χ1n) is 5.26. The van der Waals surface area contributed by atoms with Gasteiger partial charge >= 0.3 is 0 Å². The Morgan fingerprint density at radius 2 is 2.29 bits per heavy atom. The molecule has 1 aliphatic carbocycles. The van der Waals surface area contributed by atoms with E-state index < -0.39 is 0 Å². The second kappa shape index (κ2) is 2.98. The van der Waals surface area contributed by atoms with Crippen molar-refractivity contribution in [2.24, 2.45) is 0 Å². The van der Waals surface area contributed by atoms with Gasteiger partial charge in [-0.1, -0.05) is 0 Å². The molecule has 2 aliphatic rings. The van der Waals surface area contributed by atoms with E-state index in [1.807, 2.05) is 4.68 Å². The molecule has 2 heterocycles. The number of H-pyrrole nitrogens is 1. The number of ether oxygens (including phenoxy) is 1. The van der Waals surface area contributed by atoms with Crippen LogP contribution < -0.4 is 5.56 Å². The van der Waals surface area contributed by atoms with E-state index in [2.05, 4.69) is 5.10 Å². The van der Waals surface area contributed by atoms with Crippen LogP contribution >= 0.6 is 0 Å². The lowest BCUT2D eigenvalue weighted by Crippen LogP contribution is -2.28. The molecular weight excluding hydrogens is 180 g/mol. The smallest absolute Gasteiger partial charge is 0.272 e. The largest absolute Gasteiger partial charge is 0.376 e. The Hall–Kier alpha value is -1.03. The molecule has 1 N–H and O–H groups in total. The second-order valence-electron chi connectivity index (χ2n) is 4.13. The Morgan fingerprint density at radius 1 is 1.43 bits per heavy atom. The lowest BCUT2D eigenvalue weighted by molar-refractivity contribution is 0.109. The number of aromatic amines is 1. The number of aromatic nitrogens is 2. The lowest BCUT2D eigenvalue weighted by atomic mass is 9.93. The van der Waals surface area contributed by atoms with E-state index >= 15 is 0 Å². The molecular formula is C10H14N2O2. The number of nitrogens with one attached hydrogen (secondary N) is 1. The monoisotopic (exact) mass is 194 g/mol. The molecule has 4 heteroatoms. The van der Waals surface area contributed by atoms with Crippen LogP contribution in [0.2, 0.25) is 0 Å². The number of nitrogens with zero attached hydrogens (tertiary/aromatic N) is 1. The Bertz CT molecular complexity index is 401. The molecule has 0 aromatic carbocycles. The maximum absolute atomic E-state index is 11.9. The van der Waals surface area contributed by atoms with Gasteiger partial charge in [-0.3, -0.25) is 9.89 Å². The van der Waals surface area contributed by atoms with Gasteiger partial charge in [0.2, 0.25) is 0 Å². The standard InChI is InChI=1S/C10H14N2O2/c13-10-8-6-14-5-4-9(8)11-12(10)7-2-1-3-7/h7,11H,1-6H2. The third-order valence-corrected chi connectivity index (χ3v) is 3.28. The summed E-state index contributed by atoms with van der Waals surface area (Å²) in [5, 5.41) is 3.23. The molecule has 76 valence electrons. The van der Waals surface area contributed by atoms with Crippen LogP contribution in [0.1, 0.15) is 36.6 Å². The summed E-state index contributed by atoms with van der Waals surface area (Å²) in [6.45, 7) is 1.22. The highest BCUT2D eigenvalue weighted by Crippen LogP contribution is 2.30. The van der Waals surface area contributed by atoms with Crippen molar-refractivity contribution in [2.75, 3.05) is 6.61 Å². The van der Waals surface area contributed by atoms with Gasteiger partial charge in [0.15, 0.2) is 0 Å². The molecule has 1 aromatic rings. The topological polar surface area (TPSA) is 47.0 Å². The van der Waals surface area contributed by atoms with Crippen molar-refractivity contribution >= 4 is 0 Å². The van der Waals surface area contributed by atoms with Crippen LogP contribution in [0.25, 0.3) is 0 Å². The minimum absolute atomic E-state index is 0.143. The molecule has 1 saturated carbocycles. The number of fused-ring (bicyclic) bond motifs is 1. The molecule has 14 heavy (non-hydrogen) atoms. The van der Waals surface area contributed by atoms with Crippen LogP contribution in [0, 0.1) is 0 Å². The first-order valence-corrected chi connectivity index (χ1v) is 5.26. The van der Waals surface area contributed by atoms with Gasteiger partial charge in [0.1, 0.15) is 0 Å². The van der Waals surface area contributed by atoms with Crippen LogP contribution in [0.15, 0.2) is 4.79 Å². The van der Waals surface area contributed by atoms with E-state index in [0.717, 1.165) is 37.1 Å². The van der Waals surface area contributed by atoms with Gasteiger partial charge in [0, 0.05) is 12.1 Å². The zero-order chi connectivity index (χ0) is 9.54. The zero-order valence-electron chi connectivity index (χ0n) is 8.08. The number of hydrogen-bond acceptors (Lipinski definition) is 2. The minimum atomic E-state index is 0.143. The normalized spacial score (nSPS) is 21.7. The fraction of sp³-hybridized carbons (Fsp3) is 0.700. The summed E-state index contributed by atoms with van der Waals surface area (Å²) in [5.74, 6) is 0. The molecule has 3 rings (SSSR count). The van der Waals surface area contributed by atoms with Crippen molar-refractivity contribution in [1.29, 1.82) is 0 Å².